The van der Waals surface area contributed by atoms with Crippen LogP contribution in [0.15, 0.2) is 18.2 Å². The number of piperazine rings is 1. The molecule has 134 valence electrons. The highest BCUT2D eigenvalue weighted by molar-refractivity contribution is 6.01. The van der Waals surface area contributed by atoms with Crippen LogP contribution in [0.4, 0.5) is 5.69 Å². The summed E-state index contributed by atoms with van der Waals surface area (Å²) >= 11 is 0. The van der Waals surface area contributed by atoms with Gasteiger partial charge in [-0.1, -0.05) is 6.07 Å². The van der Waals surface area contributed by atoms with Gasteiger partial charge in [-0.25, -0.2) is 0 Å². The Balaban J connectivity index is 1.41. The van der Waals surface area contributed by atoms with Gasteiger partial charge in [-0.3, -0.25) is 19.8 Å². The largest absolute Gasteiger partial charge is 0.368 e. The van der Waals surface area contributed by atoms with Crippen molar-refractivity contribution in [2.75, 3.05) is 44.2 Å². The van der Waals surface area contributed by atoms with Crippen LogP contribution in [-0.2, 0) is 9.59 Å². The zero-order valence-corrected chi connectivity index (χ0v) is 14.8. The summed E-state index contributed by atoms with van der Waals surface area (Å²) in [6.07, 6.45) is 1.04. The van der Waals surface area contributed by atoms with Crippen LogP contribution >= 0.6 is 0 Å². The van der Waals surface area contributed by atoms with Gasteiger partial charge in [0.15, 0.2) is 0 Å². The molecule has 6 heteroatoms. The molecule has 3 fully saturated rings. The standard InChI is InChI=1S/C19H26N4O2/c1-13-10-14(23-11-15(12-23)22-8-6-20-7-9-22)2-3-16(13)17-4-5-18(24)21-19(17)25/h2-3,10,15,17,20H,4-9,11-12H2,1H3,(H,21,24,25). The van der Waals surface area contributed by atoms with Crippen molar-refractivity contribution in [1.29, 1.82) is 0 Å². The maximum absolute atomic E-state index is 12.1. The summed E-state index contributed by atoms with van der Waals surface area (Å²) in [5, 5.41) is 5.86. The van der Waals surface area contributed by atoms with Crippen molar-refractivity contribution in [1.82, 2.24) is 15.5 Å². The summed E-state index contributed by atoms with van der Waals surface area (Å²) in [6.45, 7) is 8.70. The predicted molar refractivity (Wildman–Crippen MR) is 96.7 cm³/mol. The molecule has 0 aromatic heterocycles. The molecule has 3 aliphatic rings. The van der Waals surface area contributed by atoms with Gasteiger partial charge in [0.2, 0.25) is 11.8 Å². The Labute approximate surface area is 148 Å². The van der Waals surface area contributed by atoms with Gasteiger partial charge in [-0.05, 0) is 36.6 Å². The van der Waals surface area contributed by atoms with Crippen molar-refractivity contribution in [3.8, 4) is 0 Å². The number of nitrogens with zero attached hydrogens (tertiary/aromatic N) is 2. The van der Waals surface area contributed by atoms with Crippen molar-refractivity contribution < 1.29 is 9.59 Å². The summed E-state index contributed by atoms with van der Waals surface area (Å²) in [5.74, 6) is -0.512. The van der Waals surface area contributed by atoms with E-state index in [1.165, 1.54) is 5.69 Å². The fourth-order valence-electron chi connectivity index (χ4n) is 4.18. The van der Waals surface area contributed by atoms with Crippen LogP contribution in [0.3, 0.4) is 0 Å². The molecule has 0 radical (unpaired) electrons. The lowest BCUT2D eigenvalue weighted by molar-refractivity contribution is -0.134. The van der Waals surface area contributed by atoms with E-state index in [1.54, 1.807) is 0 Å². The molecule has 0 aliphatic carbocycles. The second kappa shape index (κ2) is 6.77. The van der Waals surface area contributed by atoms with E-state index in [0.717, 1.165) is 50.4 Å². The maximum Gasteiger partial charge on any atom is 0.234 e. The second-order valence-corrected chi connectivity index (χ2v) is 7.39. The van der Waals surface area contributed by atoms with Gasteiger partial charge in [-0.15, -0.1) is 0 Å². The van der Waals surface area contributed by atoms with Crippen LogP contribution in [0, 0.1) is 6.92 Å². The number of hydrogen-bond donors (Lipinski definition) is 2. The van der Waals surface area contributed by atoms with E-state index in [0.29, 0.717) is 18.9 Å². The van der Waals surface area contributed by atoms with Gasteiger partial charge < -0.3 is 10.2 Å². The molecule has 0 bridgehead atoms. The summed E-state index contributed by atoms with van der Waals surface area (Å²) in [5.41, 5.74) is 3.42. The Hall–Kier alpha value is -1.92. The minimum absolute atomic E-state index is 0.157. The lowest BCUT2D eigenvalue weighted by Gasteiger charge is -2.48. The Morgan fingerprint density at radius 3 is 2.56 bits per heavy atom. The fraction of sp³-hybridized carbons (Fsp3) is 0.579. The number of nitrogens with one attached hydrogen (secondary N) is 2. The van der Waals surface area contributed by atoms with Crippen molar-refractivity contribution >= 4 is 17.5 Å². The lowest BCUT2D eigenvalue weighted by atomic mass is 9.87. The van der Waals surface area contributed by atoms with E-state index < -0.39 is 0 Å². The molecule has 25 heavy (non-hydrogen) atoms. The quantitative estimate of drug-likeness (QED) is 0.788. The van der Waals surface area contributed by atoms with Crippen molar-refractivity contribution in [2.24, 2.45) is 0 Å². The highest BCUT2D eigenvalue weighted by Crippen LogP contribution is 2.32. The fourth-order valence-corrected chi connectivity index (χ4v) is 4.18. The average molecular weight is 342 g/mol. The van der Waals surface area contributed by atoms with E-state index in [-0.39, 0.29) is 17.7 Å². The van der Waals surface area contributed by atoms with Gasteiger partial charge in [0.1, 0.15) is 0 Å². The highest BCUT2D eigenvalue weighted by atomic mass is 16.2. The zero-order valence-electron chi connectivity index (χ0n) is 14.8. The predicted octanol–water partition coefficient (Wildman–Crippen LogP) is 0.609. The number of carbonyl (C=O) groups excluding carboxylic acids is 2. The molecule has 1 aromatic carbocycles. The number of rotatable bonds is 3. The molecule has 6 nitrogen and oxygen atoms in total. The van der Waals surface area contributed by atoms with Crippen LogP contribution in [0.5, 0.6) is 0 Å². The van der Waals surface area contributed by atoms with Crippen LogP contribution < -0.4 is 15.5 Å². The van der Waals surface area contributed by atoms with Gasteiger partial charge >= 0.3 is 0 Å². The van der Waals surface area contributed by atoms with E-state index >= 15 is 0 Å². The number of benzene rings is 1. The van der Waals surface area contributed by atoms with Crippen molar-refractivity contribution in [2.45, 2.75) is 31.7 Å². The Morgan fingerprint density at radius 2 is 1.88 bits per heavy atom. The molecular weight excluding hydrogens is 316 g/mol. The third-order valence-corrected chi connectivity index (χ3v) is 5.76. The molecule has 1 unspecified atom stereocenters. The first-order valence-corrected chi connectivity index (χ1v) is 9.26. The second-order valence-electron chi connectivity index (χ2n) is 7.39. The monoisotopic (exact) mass is 342 g/mol. The SMILES string of the molecule is Cc1cc(N2CC(N3CCNCC3)C2)ccc1C1CCC(=O)NC1=O. The van der Waals surface area contributed by atoms with Crippen LogP contribution in [-0.4, -0.2) is 62.0 Å². The van der Waals surface area contributed by atoms with Gasteiger partial charge in [0, 0.05) is 57.4 Å². The molecule has 3 aliphatic heterocycles. The topological polar surface area (TPSA) is 64.7 Å². The van der Waals surface area contributed by atoms with Crippen molar-refractivity contribution in [3.63, 3.8) is 0 Å². The Morgan fingerprint density at radius 1 is 1.12 bits per heavy atom. The normalized spacial score (nSPS) is 25.6. The molecule has 4 rings (SSSR count). The first kappa shape index (κ1) is 16.5. The zero-order chi connectivity index (χ0) is 17.4. The number of piperidine rings is 1. The summed E-state index contributed by atoms with van der Waals surface area (Å²) in [7, 11) is 0. The molecule has 2 N–H and O–H groups in total. The molecule has 3 saturated heterocycles. The molecular formula is C19H26N4O2. The average Bonchev–Trinajstić information content (AvgIpc) is 2.56. The number of anilines is 1. The third-order valence-electron chi connectivity index (χ3n) is 5.76. The Bertz CT molecular complexity index is 678. The van der Waals surface area contributed by atoms with E-state index in [4.69, 9.17) is 0 Å². The van der Waals surface area contributed by atoms with E-state index in [2.05, 4.69) is 45.6 Å². The van der Waals surface area contributed by atoms with Gasteiger partial charge in [0.05, 0.1) is 5.92 Å². The number of hydrogen-bond acceptors (Lipinski definition) is 5. The summed E-state index contributed by atoms with van der Waals surface area (Å²) in [6, 6.07) is 7.05. The molecule has 1 atom stereocenters. The molecule has 1 aromatic rings. The van der Waals surface area contributed by atoms with Crippen LogP contribution in [0.1, 0.15) is 29.9 Å². The summed E-state index contributed by atoms with van der Waals surface area (Å²) in [4.78, 5) is 28.4. The first-order chi connectivity index (χ1) is 12.1. The number of aryl methyl sites for hydroxylation is 1. The first-order valence-electron chi connectivity index (χ1n) is 9.26. The summed E-state index contributed by atoms with van der Waals surface area (Å²) < 4.78 is 0. The van der Waals surface area contributed by atoms with Gasteiger partial charge in [0.25, 0.3) is 0 Å². The number of imide groups is 1. The molecule has 2 amide bonds. The van der Waals surface area contributed by atoms with Crippen molar-refractivity contribution in [3.05, 3.63) is 29.3 Å². The Kier molecular flexibility index (Phi) is 4.48. The van der Waals surface area contributed by atoms with Crippen LogP contribution in [0.25, 0.3) is 0 Å². The highest BCUT2D eigenvalue weighted by Gasteiger charge is 2.33. The minimum atomic E-state index is -0.197. The molecule has 0 saturated carbocycles. The van der Waals surface area contributed by atoms with Gasteiger partial charge in [-0.2, -0.15) is 0 Å². The van der Waals surface area contributed by atoms with E-state index in [9.17, 15) is 9.59 Å². The maximum atomic E-state index is 12.1. The number of carbonyl (C=O) groups is 2. The smallest absolute Gasteiger partial charge is 0.234 e. The van der Waals surface area contributed by atoms with E-state index in [1.807, 2.05) is 0 Å². The molecule has 3 heterocycles. The molecule has 0 spiro atoms. The minimum Gasteiger partial charge on any atom is -0.368 e. The van der Waals surface area contributed by atoms with Crippen LogP contribution in [0.2, 0.25) is 0 Å². The number of amides is 2. The third kappa shape index (κ3) is 3.28. The lowest BCUT2D eigenvalue weighted by Crippen LogP contribution is -2.62.